The van der Waals surface area contributed by atoms with Crippen molar-refractivity contribution in [2.24, 2.45) is 0 Å². The predicted octanol–water partition coefficient (Wildman–Crippen LogP) is 3.83. The number of methoxy groups -OCH3 is 2. The van der Waals surface area contributed by atoms with Crippen molar-refractivity contribution in [2.45, 2.75) is 13.8 Å². The molecule has 0 saturated carbocycles. The Kier molecular flexibility index (Phi) is 4.34. The van der Waals surface area contributed by atoms with E-state index in [1.807, 2.05) is 13.8 Å². The number of nitrogens with zero attached hydrogens (tertiary/aromatic N) is 2. The first-order valence-corrected chi connectivity index (χ1v) is 7.74. The summed E-state index contributed by atoms with van der Waals surface area (Å²) in [7, 11) is 2.58. The van der Waals surface area contributed by atoms with Gasteiger partial charge in [-0.15, -0.1) is 0 Å². The molecule has 0 aliphatic carbocycles. The lowest BCUT2D eigenvalue weighted by Gasteiger charge is -2.10. The summed E-state index contributed by atoms with van der Waals surface area (Å²) in [5.41, 5.74) is 2.22. The fraction of sp³-hybridized carbons (Fsp3) is 0.235. The Balaban J connectivity index is 2.34. The molecule has 0 amide bonds. The van der Waals surface area contributed by atoms with E-state index < -0.39 is 11.8 Å². The van der Waals surface area contributed by atoms with E-state index in [1.54, 1.807) is 0 Å². The van der Waals surface area contributed by atoms with Gasteiger partial charge in [0.2, 0.25) is 0 Å². The second-order valence-corrected chi connectivity index (χ2v) is 5.84. The monoisotopic (exact) mass is 363 g/mol. The van der Waals surface area contributed by atoms with Crippen LogP contribution in [0.15, 0.2) is 12.1 Å². The minimum atomic E-state index is -0.704. The van der Waals surface area contributed by atoms with Crippen LogP contribution >= 0.6 is 11.6 Å². The van der Waals surface area contributed by atoms with Gasteiger partial charge >= 0.3 is 5.97 Å². The van der Waals surface area contributed by atoms with Crippen LogP contribution in [-0.4, -0.2) is 35.1 Å². The van der Waals surface area contributed by atoms with Crippen LogP contribution in [0.25, 0.3) is 22.4 Å². The molecule has 6 nitrogen and oxygen atoms in total. The van der Waals surface area contributed by atoms with Gasteiger partial charge in [-0.2, -0.15) is 0 Å². The number of hydrogen-bond donors (Lipinski definition) is 1. The number of hydrogen-bond acceptors (Lipinski definition) is 5. The maximum Gasteiger partial charge on any atom is 0.357 e. The van der Waals surface area contributed by atoms with Gasteiger partial charge < -0.3 is 14.5 Å². The third-order valence-corrected chi connectivity index (χ3v) is 4.32. The molecular weight excluding hydrogens is 349 g/mol. The summed E-state index contributed by atoms with van der Waals surface area (Å²) in [6.07, 6.45) is 0. The number of rotatable bonds is 3. The first-order valence-electron chi connectivity index (χ1n) is 7.36. The molecule has 0 atom stereocenters. The number of halogens is 2. The normalized spacial score (nSPS) is 11.0. The molecule has 0 aliphatic rings. The SMILES string of the molecule is COC(=O)c1nc(-c2ccc(Cl)c(OC)c2F)nc2[nH]c(C)c(C)c12. The van der Waals surface area contributed by atoms with Gasteiger partial charge in [-0.1, -0.05) is 11.6 Å². The predicted molar refractivity (Wildman–Crippen MR) is 91.7 cm³/mol. The van der Waals surface area contributed by atoms with Gasteiger partial charge in [-0.25, -0.2) is 19.2 Å². The maximum absolute atomic E-state index is 14.7. The highest BCUT2D eigenvalue weighted by Crippen LogP contribution is 2.35. The van der Waals surface area contributed by atoms with Crippen molar-refractivity contribution in [1.29, 1.82) is 0 Å². The summed E-state index contributed by atoms with van der Waals surface area (Å²) in [5.74, 6) is -1.41. The Labute approximate surface area is 148 Å². The Bertz CT molecular complexity index is 1000. The van der Waals surface area contributed by atoms with Gasteiger partial charge in [-0.3, -0.25) is 0 Å². The standard InChI is InChI=1S/C17H15ClFN3O3/c1-7-8(2)20-16-11(7)13(17(23)25-4)21-15(22-16)9-5-6-10(18)14(24-3)12(9)19/h5-6H,1-4H3,(H,20,21,22). The molecule has 0 unspecified atom stereocenters. The van der Waals surface area contributed by atoms with Gasteiger partial charge in [0, 0.05) is 5.69 Å². The highest BCUT2D eigenvalue weighted by atomic mass is 35.5. The Morgan fingerprint density at radius 3 is 2.60 bits per heavy atom. The molecule has 3 aromatic rings. The average molecular weight is 364 g/mol. The van der Waals surface area contributed by atoms with Crippen molar-refractivity contribution in [3.8, 4) is 17.1 Å². The van der Waals surface area contributed by atoms with Crippen LogP contribution in [0, 0.1) is 19.7 Å². The van der Waals surface area contributed by atoms with Crippen LogP contribution in [0.4, 0.5) is 4.39 Å². The summed E-state index contributed by atoms with van der Waals surface area (Å²) in [6.45, 7) is 3.69. The molecule has 1 aromatic carbocycles. The first-order chi connectivity index (χ1) is 11.9. The summed E-state index contributed by atoms with van der Waals surface area (Å²) in [4.78, 5) is 23.8. The fourth-order valence-electron chi connectivity index (χ4n) is 2.62. The van der Waals surface area contributed by atoms with E-state index in [0.29, 0.717) is 11.0 Å². The Morgan fingerprint density at radius 1 is 1.24 bits per heavy atom. The van der Waals surface area contributed by atoms with Crippen LogP contribution < -0.4 is 4.74 Å². The van der Waals surface area contributed by atoms with E-state index >= 15 is 0 Å². The summed E-state index contributed by atoms with van der Waals surface area (Å²) < 4.78 is 24.5. The minimum Gasteiger partial charge on any atom is -0.492 e. The van der Waals surface area contributed by atoms with Crippen molar-refractivity contribution in [2.75, 3.05) is 14.2 Å². The van der Waals surface area contributed by atoms with E-state index in [4.69, 9.17) is 21.1 Å². The largest absolute Gasteiger partial charge is 0.492 e. The number of H-pyrrole nitrogens is 1. The number of fused-ring (bicyclic) bond motifs is 1. The van der Waals surface area contributed by atoms with Gasteiger partial charge in [0.1, 0.15) is 5.65 Å². The number of ether oxygens (including phenoxy) is 2. The van der Waals surface area contributed by atoms with Crippen molar-refractivity contribution in [3.63, 3.8) is 0 Å². The zero-order valence-corrected chi connectivity index (χ0v) is 14.8. The summed E-state index contributed by atoms with van der Waals surface area (Å²) >= 11 is 5.93. The molecule has 1 N–H and O–H groups in total. The van der Waals surface area contributed by atoms with Crippen LogP contribution in [0.2, 0.25) is 5.02 Å². The van der Waals surface area contributed by atoms with Crippen molar-refractivity contribution in [1.82, 2.24) is 15.0 Å². The molecular formula is C17H15ClFN3O3. The lowest BCUT2D eigenvalue weighted by Crippen LogP contribution is -2.08. The molecule has 0 radical (unpaired) electrons. The molecule has 0 spiro atoms. The van der Waals surface area contributed by atoms with Crippen LogP contribution in [0.1, 0.15) is 21.7 Å². The number of esters is 1. The molecule has 2 aromatic heterocycles. The van der Waals surface area contributed by atoms with Crippen LogP contribution in [-0.2, 0) is 4.74 Å². The quantitative estimate of drug-likeness (QED) is 0.715. The molecule has 0 saturated heterocycles. The highest BCUT2D eigenvalue weighted by molar-refractivity contribution is 6.32. The number of aromatic nitrogens is 3. The third kappa shape index (κ3) is 2.70. The lowest BCUT2D eigenvalue weighted by molar-refractivity contribution is 0.0596. The average Bonchev–Trinajstić information content (AvgIpc) is 2.88. The fourth-order valence-corrected chi connectivity index (χ4v) is 2.85. The van der Waals surface area contributed by atoms with Crippen molar-refractivity contribution < 1.29 is 18.7 Å². The van der Waals surface area contributed by atoms with Gasteiger partial charge in [-0.05, 0) is 31.5 Å². The lowest BCUT2D eigenvalue weighted by atomic mass is 10.1. The summed E-state index contributed by atoms with van der Waals surface area (Å²) in [5, 5.41) is 0.680. The van der Waals surface area contributed by atoms with E-state index in [-0.39, 0.29) is 27.9 Å². The van der Waals surface area contributed by atoms with Crippen molar-refractivity contribution in [3.05, 3.63) is 39.9 Å². The smallest absolute Gasteiger partial charge is 0.357 e. The first kappa shape index (κ1) is 17.2. The van der Waals surface area contributed by atoms with Crippen LogP contribution in [0.3, 0.4) is 0 Å². The van der Waals surface area contributed by atoms with E-state index in [1.165, 1.54) is 26.4 Å². The van der Waals surface area contributed by atoms with Crippen molar-refractivity contribution >= 4 is 28.6 Å². The number of carbonyl (C=O) groups is 1. The summed E-state index contributed by atoms with van der Waals surface area (Å²) in [6, 6.07) is 2.92. The van der Waals surface area contributed by atoms with Gasteiger partial charge in [0.25, 0.3) is 0 Å². The zero-order chi connectivity index (χ0) is 18.3. The minimum absolute atomic E-state index is 0.0293. The van der Waals surface area contributed by atoms with Crippen LogP contribution in [0.5, 0.6) is 5.75 Å². The second-order valence-electron chi connectivity index (χ2n) is 5.43. The zero-order valence-electron chi connectivity index (χ0n) is 14.0. The third-order valence-electron chi connectivity index (χ3n) is 4.03. The molecule has 0 aliphatic heterocycles. The number of carbonyl (C=O) groups excluding carboxylic acids is 1. The topological polar surface area (TPSA) is 77.1 Å². The van der Waals surface area contributed by atoms with Gasteiger partial charge in [0.05, 0.1) is 30.2 Å². The van der Waals surface area contributed by atoms with E-state index in [9.17, 15) is 9.18 Å². The van der Waals surface area contributed by atoms with Gasteiger partial charge in [0.15, 0.2) is 23.1 Å². The molecule has 0 fully saturated rings. The van der Waals surface area contributed by atoms with E-state index in [0.717, 1.165) is 11.3 Å². The maximum atomic E-state index is 14.7. The number of nitrogens with one attached hydrogen (secondary N) is 1. The Morgan fingerprint density at radius 2 is 1.96 bits per heavy atom. The molecule has 3 rings (SSSR count). The number of aryl methyl sites for hydroxylation is 2. The molecule has 2 heterocycles. The number of benzene rings is 1. The Hall–Kier alpha value is -2.67. The molecule has 130 valence electrons. The second kappa shape index (κ2) is 6.33. The highest BCUT2D eigenvalue weighted by Gasteiger charge is 2.23. The molecule has 8 heteroatoms. The number of aromatic amines is 1. The van der Waals surface area contributed by atoms with E-state index in [2.05, 4.69) is 15.0 Å². The molecule has 25 heavy (non-hydrogen) atoms. The molecule has 0 bridgehead atoms.